The summed E-state index contributed by atoms with van der Waals surface area (Å²) in [6.07, 6.45) is 4.22. The van der Waals surface area contributed by atoms with E-state index < -0.39 is 35.0 Å². The summed E-state index contributed by atoms with van der Waals surface area (Å²) in [5.41, 5.74) is 0.0183. The van der Waals surface area contributed by atoms with E-state index in [1.807, 2.05) is 0 Å². The summed E-state index contributed by atoms with van der Waals surface area (Å²) in [6.45, 7) is 1.27. The van der Waals surface area contributed by atoms with E-state index in [9.17, 15) is 19.2 Å². The maximum absolute atomic E-state index is 12.8. The third-order valence-electron chi connectivity index (χ3n) is 3.78. The molecule has 2 aromatic heterocycles. The van der Waals surface area contributed by atoms with Gasteiger partial charge in [-0.1, -0.05) is 0 Å². The van der Waals surface area contributed by atoms with E-state index in [0.717, 1.165) is 16.4 Å². The van der Waals surface area contributed by atoms with Gasteiger partial charge < -0.3 is 14.8 Å². The molecule has 2 rings (SSSR count). The number of aromatic nitrogens is 4. The van der Waals surface area contributed by atoms with E-state index >= 15 is 0 Å². The van der Waals surface area contributed by atoms with Crippen LogP contribution in [0, 0.1) is 0 Å². The van der Waals surface area contributed by atoms with Crippen LogP contribution in [0.25, 0.3) is 5.69 Å². The number of hydrogen-bond acceptors (Lipinski definition) is 9. The average molecular weight is 423 g/mol. The largest absolute Gasteiger partial charge is 0.469 e. The number of methoxy groups -OCH3 is 2. The molecule has 0 spiro atoms. The van der Waals surface area contributed by atoms with Crippen LogP contribution in [-0.2, 0) is 23.9 Å². The maximum atomic E-state index is 12.8. The molecule has 11 nitrogen and oxygen atoms in total. The van der Waals surface area contributed by atoms with Crippen molar-refractivity contribution in [3.63, 3.8) is 0 Å². The van der Waals surface area contributed by atoms with Crippen molar-refractivity contribution in [2.24, 2.45) is 0 Å². The van der Waals surface area contributed by atoms with Crippen LogP contribution in [0.3, 0.4) is 0 Å². The van der Waals surface area contributed by atoms with Crippen molar-refractivity contribution in [2.45, 2.75) is 24.8 Å². The second-order valence-corrected chi connectivity index (χ2v) is 6.99. The summed E-state index contributed by atoms with van der Waals surface area (Å²) in [6, 6.07) is 2.42. The number of ether oxygens (including phenoxy) is 2. The normalized spacial score (nSPS) is 12.7. The number of carbonyl (C=O) groups excluding carboxylic acids is 3. The highest BCUT2D eigenvalue weighted by Gasteiger charge is 2.26. The van der Waals surface area contributed by atoms with Crippen molar-refractivity contribution < 1.29 is 23.9 Å². The Morgan fingerprint density at radius 2 is 2.03 bits per heavy atom. The predicted molar refractivity (Wildman–Crippen MR) is 103 cm³/mol. The van der Waals surface area contributed by atoms with E-state index in [0.29, 0.717) is 5.69 Å². The number of pyridine rings is 1. The number of nitrogens with zero attached hydrogens (tertiary/aromatic N) is 4. The van der Waals surface area contributed by atoms with Crippen LogP contribution in [0.15, 0.2) is 35.6 Å². The zero-order valence-corrected chi connectivity index (χ0v) is 16.9. The zero-order chi connectivity index (χ0) is 21.4. The number of rotatable bonds is 9. The lowest BCUT2D eigenvalue weighted by Gasteiger charge is -2.19. The zero-order valence-electron chi connectivity index (χ0n) is 16.1. The Hall–Kier alpha value is -3.15. The standard InChI is InChI=1S/C17H21N5O6S/c1-11(23)20-13(16(25)28-3)9-29-14(7-15(24)27-2)22-17(26)21(10-19-22)12-5-4-6-18-8-12/h4-6,8,10,13-14H,7,9H2,1-3H3,(H,20,23)/t13-,14?/m0/s1. The smallest absolute Gasteiger partial charge is 0.351 e. The van der Waals surface area contributed by atoms with Gasteiger partial charge >= 0.3 is 17.6 Å². The van der Waals surface area contributed by atoms with E-state index in [4.69, 9.17) is 4.74 Å². The number of esters is 2. The van der Waals surface area contributed by atoms with E-state index in [1.54, 1.807) is 18.3 Å². The first-order valence-corrected chi connectivity index (χ1v) is 9.52. The molecule has 0 aliphatic rings. The fourth-order valence-corrected chi connectivity index (χ4v) is 3.57. The van der Waals surface area contributed by atoms with Gasteiger partial charge in [0.2, 0.25) is 5.91 Å². The Bertz CT molecular complexity index is 913. The lowest BCUT2D eigenvalue weighted by Crippen LogP contribution is -2.42. The summed E-state index contributed by atoms with van der Waals surface area (Å²) in [5.74, 6) is -1.55. The third kappa shape index (κ3) is 5.91. The van der Waals surface area contributed by atoms with Gasteiger partial charge in [-0.25, -0.2) is 14.2 Å². The van der Waals surface area contributed by atoms with Gasteiger partial charge in [-0.15, -0.1) is 11.8 Å². The topological polar surface area (TPSA) is 134 Å². The molecule has 2 heterocycles. The minimum absolute atomic E-state index is 0.0557. The monoisotopic (exact) mass is 423 g/mol. The fraction of sp³-hybridized carbons (Fsp3) is 0.412. The Labute approximate surface area is 170 Å². The first-order valence-electron chi connectivity index (χ1n) is 8.47. The van der Waals surface area contributed by atoms with Crippen LogP contribution in [0.5, 0.6) is 0 Å². The molecule has 0 saturated heterocycles. The molecule has 0 saturated carbocycles. The van der Waals surface area contributed by atoms with Gasteiger partial charge in [0.05, 0.1) is 32.5 Å². The minimum atomic E-state index is -0.946. The molecule has 29 heavy (non-hydrogen) atoms. The number of nitrogens with one attached hydrogen (secondary N) is 1. The SMILES string of the molecule is COC(=O)CC(SC[C@H](NC(C)=O)C(=O)OC)n1ncn(-c2cccnc2)c1=O. The average Bonchev–Trinajstić information content (AvgIpc) is 3.10. The van der Waals surface area contributed by atoms with Gasteiger partial charge in [0, 0.05) is 18.9 Å². The maximum Gasteiger partial charge on any atom is 0.351 e. The van der Waals surface area contributed by atoms with Crippen molar-refractivity contribution in [3.05, 3.63) is 41.3 Å². The lowest BCUT2D eigenvalue weighted by molar-refractivity contribution is -0.144. The molecule has 0 aromatic carbocycles. The van der Waals surface area contributed by atoms with Gasteiger partial charge in [0.1, 0.15) is 17.7 Å². The summed E-state index contributed by atoms with van der Waals surface area (Å²) in [4.78, 5) is 51.8. The Morgan fingerprint density at radius 1 is 1.28 bits per heavy atom. The molecule has 0 bridgehead atoms. The summed E-state index contributed by atoms with van der Waals surface area (Å²) < 4.78 is 11.8. The quantitative estimate of drug-likeness (QED) is 0.549. The molecule has 0 fully saturated rings. The van der Waals surface area contributed by atoms with Crippen molar-refractivity contribution in [1.29, 1.82) is 0 Å². The number of carbonyl (C=O) groups is 3. The number of thioether (sulfide) groups is 1. The first-order chi connectivity index (χ1) is 13.9. The second kappa shape index (κ2) is 10.4. The molecule has 0 aliphatic heterocycles. The van der Waals surface area contributed by atoms with Gasteiger partial charge in [0.25, 0.3) is 0 Å². The Morgan fingerprint density at radius 3 is 2.62 bits per heavy atom. The van der Waals surface area contributed by atoms with E-state index in [2.05, 4.69) is 20.1 Å². The molecule has 156 valence electrons. The summed E-state index contributed by atoms with van der Waals surface area (Å²) in [7, 11) is 2.43. The van der Waals surface area contributed by atoms with Crippen LogP contribution >= 0.6 is 11.8 Å². The van der Waals surface area contributed by atoms with E-state index in [-0.39, 0.29) is 12.2 Å². The fourth-order valence-electron chi connectivity index (χ4n) is 2.39. The molecule has 2 atom stereocenters. The first kappa shape index (κ1) is 22.1. The lowest BCUT2D eigenvalue weighted by atomic mass is 10.3. The molecular formula is C17H21N5O6S. The van der Waals surface area contributed by atoms with E-state index in [1.165, 1.54) is 38.2 Å². The highest BCUT2D eigenvalue weighted by Crippen LogP contribution is 2.26. The van der Waals surface area contributed by atoms with Crippen LogP contribution in [-0.4, -0.2) is 63.2 Å². The van der Waals surface area contributed by atoms with Gasteiger partial charge in [-0.3, -0.25) is 14.6 Å². The van der Waals surface area contributed by atoms with Crippen LogP contribution in [0.4, 0.5) is 0 Å². The molecule has 1 amide bonds. The minimum Gasteiger partial charge on any atom is -0.469 e. The van der Waals surface area contributed by atoms with Crippen LogP contribution in [0.2, 0.25) is 0 Å². The van der Waals surface area contributed by atoms with Crippen molar-refractivity contribution in [1.82, 2.24) is 24.6 Å². The molecule has 0 radical (unpaired) electrons. The number of hydrogen-bond donors (Lipinski definition) is 1. The molecular weight excluding hydrogens is 402 g/mol. The van der Waals surface area contributed by atoms with Crippen molar-refractivity contribution >= 4 is 29.6 Å². The second-order valence-electron chi connectivity index (χ2n) is 5.78. The van der Waals surface area contributed by atoms with Gasteiger partial charge in [-0.2, -0.15) is 9.78 Å². The predicted octanol–water partition coefficient (Wildman–Crippen LogP) is -0.0984. The molecule has 12 heteroatoms. The Kier molecular flexibility index (Phi) is 7.95. The van der Waals surface area contributed by atoms with Crippen molar-refractivity contribution in [2.75, 3.05) is 20.0 Å². The van der Waals surface area contributed by atoms with Crippen LogP contribution < -0.4 is 11.0 Å². The van der Waals surface area contributed by atoms with Gasteiger partial charge in [-0.05, 0) is 12.1 Å². The molecule has 1 unspecified atom stereocenters. The molecule has 0 aliphatic carbocycles. The third-order valence-corrected chi connectivity index (χ3v) is 5.05. The Balaban J connectivity index is 2.28. The van der Waals surface area contributed by atoms with Gasteiger partial charge in [0.15, 0.2) is 0 Å². The van der Waals surface area contributed by atoms with Crippen molar-refractivity contribution in [3.8, 4) is 5.69 Å². The summed E-state index contributed by atoms with van der Waals surface area (Å²) >= 11 is 1.09. The molecule has 2 aromatic rings. The number of amides is 1. The molecule has 1 N–H and O–H groups in total. The summed E-state index contributed by atoms with van der Waals surface area (Å²) in [5, 5.41) is 5.80. The highest BCUT2D eigenvalue weighted by atomic mass is 32.2. The highest BCUT2D eigenvalue weighted by molar-refractivity contribution is 7.99. The van der Waals surface area contributed by atoms with Crippen LogP contribution in [0.1, 0.15) is 18.7 Å².